The average molecular weight is 343 g/mol. The Morgan fingerprint density at radius 2 is 2.08 bits per heavy atom. The van der Waals surface area contributed by atoms with E-state index in [1.54, 1.807) is 7.11 Å². The van der Waals surface area contributed by atoms with Crippen LogP contribution in [0.25, 0.3) is 0 Å². The zero-order valence-electron chi connectivity index (χ0n) is 15.2. The molecule has 0 radical (unpaired) electrons. The molecule has 5 nitrogen and oxygen atoms in total. The summed E-state index contributed by atoms with van der Waals surface area (Å²) in [4.78, 5) is 22.2. The average Bonchev–Trinajstić information content (AvgIpc) is 3.37. The number of aromatic nitrogens is 1. The predicted octanol–water partition coefficient (Wildman–Crippen LogP) is 2.70. The Hall–Kier alpha value is -1.62. The zero-order chi connectivity index (χ0) is 17.3. The molecule has 0 aromatic carbocycles. The number of hydrogen-bond donors (Lipinski definition) is 0. The summed E-state index contributed by atoms with van der Waals surface area (Å²) < 4.78 is 5.24. The van der Waals surface area contributed by atoms with Crippen LogP contribution in [0.1, 0.15) is 44.2 Å². The molecular weight excluding hydrogens is 314 g/mol. The summed E-state index contributed by atoms with van der Waals surface area (Å²) in [6.07, 6.45) is 7.01. The topological polar surface area (TPSA) is 45.7 Å². The summed E-state index contributed by atoms with van der Waals surface area (Å²) in [7, 11) is 1.66. The lowest BCUT2D eigenvalue weighted by Gasteiger charge is -2.33. The number of rotatable bonds is 4. The maximum absolute atomic E-state index is 13.0. The van der Waals surface area contributed by atoms with Crippen molar-refractivity contribution in [1.82, 2.24) is 14.8 Å². The van der Waals surface area contributed by atoms with Gasteiger partial charge in [-0.3, -0.25) is 9.69 Å². The molecule has 136 valence electrons. The van der Waals surface area contributed by atoms with Crippen molar-refractivity contribution >= 4 is 5.91 Å². The molecule has 0 unspecified atom stereocenters. The minimum atomic E-state index is 0.207. The predicted molar refractivity (Wildman–Crippen MR) is 96.3 cm³/mol. The summed E-state index contributed by atoms with van der Waals surface area (Å²) in [5.41, 5.74) is 1.26. The molecule has 1 aromatic heterocycles. The van der Waals surface area contributed by atoms with Crippen LogP contribution in [-0.2, 0) is 11.3 Å². The fourth-order valence-corrected chi connectivity index (χ4v) is 5.18. The van der Waals surface area contributed by atoms with Crippen LogP contribution >= 0.6 is 0 Å². The van der Waals surface area contributed by atoms with Crippen molar-refractivity contribution in [3.05, 3.63) is 23.9 Å². The third-order valence-electron chi connectivity index (χ3n) is 6.46. The van der Waals surface area contributed by atoms with Crippen molar-refractivity contribution in [2.24, 2.45) is 11.3 Å². The number of pyridine rings is 1. The van der Waals surface area contributed by atoms with Crippen LogP contribution in [-0.4, -0.2) is 54.0 Å². The first-order valence-electron chi connectivity index (χ1n) is 9.71. The zero-order valence-corrected chi connectivity index (χ0v) is 15.2. The molecule has 2 aliphatic heterocycles. The van der Waals surface area contributed by atoms with E-state index in [1.807, 2.05) is 12.1 Å². The quantitative estimate of drug-likeness (QED) is 0.843. The monoisotopic (exact) mass is 343 g/mol. The molecule has 4 rings (SSSR count). The molecule has 1 saturated carbocycles. The molecule has 3 fully saturated rings. The molecule has 1 amide bonds. The van der Waals surface area contributed by atoms with E-state index in [0.717, 1.165) is 51.3 Å². The second kappa shape index (κ2) is 6.94. The Bertz CT molecular complexity index is 629. The number of nitrogens with zero attached hydrogens (tertiary/aromatic N) is 3. The van der Waals surface area contributed by atoms with Gasteiger partial charge in [0.05, 0.1) is 12.8 Å². The first-order chi connectivity index (χ1) is 12.2. The number of methoxy groups -OCH3 is 1. The van der Waals surface area contributed by atoms with E-state index in [4.69, 9.17) is 4.74 Å². The second-order valence-corrected chi connectivity index (χ2v) is 7.97. The number of amides is 1. The Labute approximate surface area is 150 Å². The molecule has 1 aliphatic carbocycles. The van der Waals surface area contributed by atoms with E-state index < -0.39 is 0 Å². The largest absolute Gasteiger partial charge is 0.481 e. The van der Waals surface area contributed by atoms with Gasteiger partial charge in [0, 0.05) is 38.2 Å². The lowest BCUT2D eigenvalue weighted by atomic mass is 9.76. The van der Waals surface area contributed by atoms with Gasteiger partial charge in [0.15, 0.2) is 0 Å². The van der Waals surface area contributed by atoms with Crippen molar-refractivity contribution in [3.8, 4) is 5.88 Å². The minimum Gasteiger partial charge on any atom is -0.481 e. The van der Waals surface area contributed by atoms with Crippen molar-refractivity contribution in [2.45, 2.75) is 45.1 Å². The molecular formula is C20H29N3O2. The molecule has 0 bridgehead atoms. The Morgan fingerprint density at radius 3 is 2.88 bits per heavy atom. The van der Waals surface area contributed by atoms with Crippen LogP contribution in [0.2, 0.25) is 0 Å². The summed E-state index contributed by atoms with van der Waals surface area (Å²) in [5, 5.41) is 0. The summed E-state index contributed by atoms with van der Waals surface area (Å²) in [6, 6.07) is 5.95. The summed E-state index contributed by atoms with van der Waals surface area (Å²) >= 11 is 0. The third kappa shape index (κ3) is 3.26. The molecule has 0 N–H and O–H groups in total. The van der Waals surface area contributed by atoms with Gasteiger partial charge in [-0.15, -0.1) is 0 Å². The van der Waals surface area contributed by atoms with E-state index in [0.29, 0.717) is 11.8 Å². The van der Waals surface area contributed by atoms with Crippen LogP contribution < -0.4 is 4.74 Å². The molecule has 2 atom stereocenters. The first kappa shape index (κ1) is 16.8. The van der Waals surface area contributed by atoms with Crippen LogP contribution in [0.4, 0.5) is 0 Å². The van der Waals surface area contributed by atoms with E-state index in [9.17, 15) is 4.79 Å². The minimum absolute atomic E-state index is 0.207. The first-order valence-corrected chi connectivity index (χ1v) is 9.71. The van der Waals surface area contributed by atoms with Gasteiger partial charge < -0.3 is 9.64 Å². The van der Waals surface area contributed by atoms with E-state index in [2.05, 4.69) is 20.9 Å². The Balaban J connectivity index is 1.43. The second-order valence-electron chi connectivity index (χ2n) is 7.97. The van der Waals surface area contributed by atoms with Gasteiger partial charge >= 0.3 is 0 Å². The molecule has 5 heteroatoms. The number of carbonyl (C=O) groups is 1. The third-order valence-corrected chi connectivity index (χ3v) is 6.46. The van der Waals surface area contributed by atoms with Crippen LogP contribution in [0.5, 0.6) is 5.88 Å². The van der Waals surface area contributed by atoms with Crippen LogP contribution in [0, 0.1) is 11.3 Å². The van der Waals surface area contributed by atoms with Crippen molar-refractivity contribution in [3.63, 3.8) is 0 Å². The molecule has 3 heterocycles. The fraction of sp³-hybridized carbons (Fsp3) is 0.700. The van der Waals surface area contributed by atoms with E-state index >= 15 is 0 Å². The Morgan fingerprint density at radius 1 is 1.24 bits per heavy atom. The smallest absolute Gasteiger partial charge is 0.226 e. The highest BCUT2D eigenvalue weighted by atomic mass is 16.5. The SMILES string of the molecule is COc1cccc(CN2CC[C@]3(CCC[C@@H]3C(=O)N3CCCC3)C2)n1. The van der Waals surface area contributed by atoms with E-state index in [-0.39, 0.29) is 11.3 Å². The van der Waals surface area contributed by atoms with E-state index in [1.165, 1.54) is 25.7 Å². The van der Waals surface area contributed by atoms with Crippen molar-refractivity contribution in [2.75, 3.05) is 33.3 Å². The van der Waals surface area contributed by atoms with Gasteiger partial charge in [0.25, 0.3) is 0 Å². The number of hydrogen-bond acceptors (Lipinski definition) is 4. The molecule has 1 spiro atoms. The maximum atomic E-state index is 13.0. The molecule has 1 aromatic rings. The number of likely N-dealkylation sites (tertiary alicyclic amines) is 2. The normalized spacial score (nSPS) is 29.6. The van der Waals surface area contributed by atoms with Crippen LogP contribution in [0.3, 0.4) is 0 Å². The van der Waals surface area contributed by atoms with Gasteiger partial charge in [0.2, 0.25) is 11.8 Å². The maximum Gasteiger partial charge on any atom is 0.226 e. The van der Waals surface area contributed by atoms with Crippen LogP contribution in [0.15, 0.2) is 18.2 Å². The van der Waals surface area contributed by atoms with Crippen molar-refractivity contribution < 1.29 is 9.53 Å². The van der Waals surface area contributed by atoms with Gasteiger partial charge in [-0.05, 0) is 50.1 Å². The summed E-state index contributed by atoms with van der Waals surface area (Å²) in [6.45, 7) is 4.91. The Kier molecular flexibility index (Phi) is 4.67. The number of ether oxygens (including phenoxy) is 1. The highest BCUT2D eigenvalue weighted by Gasteiger charge is 2.51. The highest BCUT2D eigenvalue weighted by Crippen LogP contribution is 2.50. The molecule has 25 heavy (non-hydrogen) atoms. The van der Waals surface area contributed by atoms with Gasteiger partial charge in [0.1, 0.15) is 0 Å². The van der Waals surface area contributed by atoms with Crippen molar-refractivity contribution in [1.29, 1.82) is 0 Å². The van der Waals surface area contributed by atoms with Gasteiger partial charge in [-0.2, -0.15) is 0 Å². The van der Waals surface area contributed by atoms with Gasteiger partial charge in [-0.25, -0.2) is 4.98 Å². The lowest BCUT2D eigenvalue weighted by molar-refractivity contribution is -0.137. The fourth-order valence-electron chi connectivity index (χ4n) is 5.18. The number of carbonyl (C=O) groups excluding carboxylic acids is 1. The van der Waals surface area contributed by atoms with Gasteiger partial charge in [-0.1, -0.05) is 12.5 Å². The standard InChI is InChI=1S/C20H29N3O2/c1-25-18-8-4-6-16(21-18)14-22-13-10-20(15-22)9-5-7-17(20)19(24)23-11-2-3-12-23/h4,6,8,17H,2-3,5,7,9-15H2,1H3/t17-,20-/m1/s1. The highest BCUT2D eigenvalue weighted by molar-refractivity contribution is 5.80. The molecule has 2 saturated heterocycles. The molecule has 3 aliphatic rings. The lowest BCUT2D eigenvalue weighted by Crippen LogP contribution is -2.42. The summed E-state index contributed by atoms with van der Waals surface area (Å²) in [5.74, 6) is 1.36.